The quantitative estimate of drug-likeness (QED) is 0.484. The van der Waals surface area contributed by atoms with Crippen LogP contribution in [0.15, 0.2) is 11.6 Å². The van der Waals surface area contributed by atoms with Crippen molar-refractivity contribution in [3.8, 4) is 0 Å². The Balaban J connectivity index is 1.61. The van der Waals surface area contributed by atoms with E-state index in [1.807, 2.05) is 6.92 Å². The predicted molar refractivity (Wildman–Crippen MR) is 121 cm³/mol. The number of hydrogen-bond donors (Lipinski definition) is 1. The lowest BCUT2D eigenvalue weighted by Gasteiger charge is -2.61. The van der Waals surface area contributed by atoms with Crippen LogP contribution in [0.3, 0.4) is 0 Å². The molecule has 0 spiro atoms. The minimum absolute atomic E-state index is 0.117. The number of carbonyl (C=O) groups excluding carboxylic acids is 2. The third-order valence-corrected chi connectivity index (χ3v) is 10.5. The molecule has 0 heterocycles. The average Bonchev–Trinajstić information content (AvgIpc) is 3.10. The maximum Gasteiger partial charge on any atom is 0.305 e. The van der Waals surface area contributed by atoms with E-state index in [2.05, 4.69) is 26.8 Å². The van der Waals surface area contributed by atoms with Gasteiger partial charge < -0.3 is 9.84 Å². The number of fused-ring (bicyclic) bond motifs is 5. The number of rotatable bonds is 4. The van der Waals surface area contributed by atoms with Gasteiger partial charge in [0.15, 0.2) is 5.78 Å². The van der Waals surface area contributed by atoms with Crippen LogP contribution in [-0.2, 0) is 14.3 Å². The number of esters is 1. The summed E-state index contributed by atoms with van der Waals surface area (Å²) in [4.78, 5) is 25.6. The smallest absolute Gasteiger partial charge is 0.305 e. The van der Waals surface area contributed by atoms with Crippen LogP contribution in [0.5, 0.6) is 0 Å². The number of ether oxygens (including phenoxy) is 1. The Morgan fingerprint density at radius 2 is 1.84 bits per heavy atom. The first-order valence-corrected chi connectivity index (χ1v) is 12.6. The highest BCUT2D eigenvalue weighted by Crippen LogP contribution is 2.68. The number of aliphatic hydroxyl groups is 1. The Morgan fingerprint density at radius 3 is 2.52 bits per heavy atom. The molecule has 0 amide bonds. The Kier molecular flexibility index (Phi) is 6.17. The molecule has 0 radical (unpaired) electrons. The summed E-state index contributed by atoms with van der Waals surface area (Å²) >= 11 is 0. The summed E-state index contributed by atoms with van der Waals surface area (Å²) < 4.78 is 4.87. The SMILES string of the molecule is C/C=C1\C(=O)[C@H]2[C@@H]3CC[C@H]([C@H](C)CCC(=O)OC)[C@@]3(C)CC[C@@H]2[C@@]2(C)CC[C@@H](O)CC12. The number of methoxy groups -OCH3 is 1. The van der Waals surface area contributed by atoms with Crippen LogP contribution >= 0.6 is 0 Å². The summed E-state index contributed by atoms with van der Waals surface area (Å²) in [5.41, 5.74) is 1.33. The number of allylic oxidation sites excluding steroid dienone is 2. The average molecular weight is 431 g/mol. The van der Waals surface area contributed by atoms with Crippen LogP contribution in [0.2, 0.25) is 0 Å². The maximum atomic E-state index is 13.9. The van der Waals surface area contributed by atoms with E-state index in [1.54, 1.807) is 0 Å². The van der Waals surface area contributed by atoms with Gasteiger partial charge in [0, 0.05) is 12.3 Å². The van der Waals surface area contributed by atoms with Gasteiger partial charge in [-0.15, -0.1) is 0 Å². The molecule has 0 aromatic carbocycles. The molecule has 1 N–H and O–H groups in total. The van der Waals surface area contributed by atoms with Gasteiger partial charge in [0.05, 0.1) is 13.2 Å². The van der Waals surface area contributed by atoms with Gasteiger partial charge in [0.1, 0.15) is 0 Å². The highest BCUT2D eigenvalue weighted by atomic mass is 16.5. The lowest BCUT2D eigenvalue weighted by atomic mass is 9.43. The van der Waals surface area contributed by atoms with Crippen LogP contribution in [0.25, 0.3) is 0 Å². The van der Waals surface area contributed by atoms with Crippen molar-refractivity contribution in [2.45, 2.75) is 91.6 Å². The van der Waals surface area contributed by atoms with Crippen molar-refractivity contribution >= 4 is 11.8 Å². The minimum atomic E-state index is -0.266. The lowest BCUT2D eigenvalue weighted by Crippen LogP contribution is -2.58. The van der Waals surface area contributed by atoms with E-state index in [1.165, 1.54) is 20.0 Å². The summed E-state index contributed by atoms with van der Waals surface area (Å²) in [6.07, 6.45) is 10.4. The summed E-state index contributed by atoms with van der Waals surface area (Å²) in [6.45, 7) is 9.18. The number of carbonyl (C=O) groups is 2. The molecule has 0 aromatic rings. The number of ketones is 1. The van der Waals surface area contributed by atoms with Crippen LogP contribution in [0, 0.1) is 46.3 Å². The highest BCUT2D eigenvalue weighted by molar-refractivity contribution is 5.99. The van der Waals surface area contributed by atoms with Crippen molar-refractivity contribution in [2.24, 2.45) is 46.3 Å². The first-order valence-electron chi connectivity index (χ1n) is 12.6. The maximum absolute atomic E-state index is 13.9. The number of hydrogen-bond acceptors (Lipinski definition) is 4. The highest BCUT2D eigenvalue weighted by Gasteiger charge is 2.64. The molecule has 4 fully saturated rings. The normalized spacial score (nSPS) is 46.8. The molecule has 31 heavy (non-hydrogen) atoms. The standard InChI is InChI=1S/C27H42O4/c1-6-18-22-15-17(28)11-13-27(22,4)21-12-14-26(3)19(16(2)7-10-23(29)31-5)8-9-20(26)24(21)25(18)30/h6,16-17,19-22,24,28H,7-15H2,1-5H3/b18-6-/t16-,17-,19-,20+,21+,22?,24+,26-,27-/m1/s1. The van der Waals surface area contributed by atoms with E-state index >= 15 is 0 Å². The van der Waals surface area contributed by atoms with Gasteiger partial charge in [-0.25, -0.2) is 0 Å². The Bertz CT molecular complexity index is 756. The second-order valence-corrected chi connectivity index (χ2v) is 11.7. The third kappa shape index (κ3) is 3.52. The van der Waals surface area contributed by atoms with Crippen molar-refractivity contribution in [2.75, 3.05) is 7.11 Å². The van der Waals surface area contributed by atoms with Gasteiger partial charge in [0.25, 0.3) is 0 Å². The summed E-state index contributed by atoms with van der Waals surface area (Å²) in [5.74, 6) is 2.57. The summed E-state index contributed by atoms with van der Waals surface area (Å²) in [7, 11) is 1.47. The first-order chi connectivity index (χ1) is 14.7. The van der Waals surface area contributed by atoms with Crippen molar-refractivity contribution in [1.29, 1.82) is 0 Å². The molecular formula is C27H42O4. The van der Waals surface area contributed by atoms with Crippen LogP contribution in [0.1, 0.15) is 85.5 Å². The molecular weight excluding hydrogens is 388 g/mol. The number of Topliss-reactive ketones (excluding diaryl/α,β-unsaturated/α-hetero) is 1. The molecule has 1 unspecified atom stereocenters. The van der Waals surface area contributed by atoms with Crippen LogP contribution < -0.4 is 0 Å². The van der Waals surface area contributed by atoms with Crippen molar-refractivity contribution in [3.63, 3.8) is 0 Å². The van der Waals surface area contributed by atoms with E-state index in [0.717, 1.165) is 44.1 Å². The van der Waals surface area contributed by atoms with Gasteiger partial charge in [-0.3, -0.25) is 9.59 Å². The molecule has 0 bridgehead atoms. The summed E-state index contributed by atoms with van der Waals surface area (Å²) in [5, 5.41) is 10.4. The van der Waals surface area contributed by atoms with Crippen molar-refractivity contribution in [1.82, 2.24) is 0 Å². The number of aliphatic hydroxyl groups excluding tert-OH is 1. The molecule has 174 valence electrons. The van der Waals surface area contributed by atoms with Crippen molar-refractivity contribution < 1.29 is 19.4 Å². The van der Waals surface area contributed by atoms with Gasteiger partial charge in [-0.1, -0.05) is 26.8 Å². The molecule has 4 nitrogen and oxygen atoms in total. The molecule has 0 saturated heterocycles. The lowest BCUT2D eigenvalue weighted by molar-refractivity contribution is -0.150. The van der Waals surface area contributed by atoms with Gasteiger partial charge in [0.2, 0.25) is 0 Å². The van der Waals surface area contributed by atoms with Gasteiger partial charge in [-0.2, -0.15) is 0 Å². The molecule has 9 atom stereocenters. The zero-order valence-electron chi connectivity index (χ0n) is 20.2. The monoisotopic (exact) mass is 430 g/mol. The van der Waals surface area contributed by atoms with E-state index in [-0.39, 0.29) is 34.7 Å². The molecule has 4 rings (SSSR count). The fourth-order valence-electron chi connectivity index (χ4n) is 8.81. The molecule has 4 aliphatic rings. The van der Waals surface area contributed by atoms with E-state index in [4.69, 9.17) is 4.74 Å². The second kappa shape index (κ2) is 8.32. The first kappa shape index (κ1) is 23.0. The zero-order chi connectivity index (χ0) is 22.6. The minimum Gasteiger partial charge on any atom is -0.469 e. The third-order valence-electron chi connectivity index (χ3n) is 10.5. The molecule has 4 heteroatoms. The van der Waals surface area contributed by atoms with Crippen LogP contribution in [0.4, 0.5) is 0 Å². The fourth-order valence-corrected chi connectivity index (χ4v) is 8.81. The molecule has 0 aromatic heterocycles. The fraction of sp³-hybridized carbons (Fsp3) is 0.852. The topological polar surface area (TPSA) is 63.6 Å². The largest absolute Gasteiger partial charge is 0.469 e. The Labute approximate surface area is 188 Å². The Morgan fingerprint density at radius 1 is 1.16 bits per heavy atom. The Hall–Kier alpha value is -1.16. The summed E-state index contributed by atoms with van der Waals surface area (Å²) in [6, 6.07) is 0. The van der Waals surface area contributed by atoms with Crippen LogP contribution in [-0.4, -0.2) is 30.1 Å². The second-order valence-electron chi connectivity index (χ2n) is 11.7. The van der Waals surface area contributed by atoms with E-state index < -0.39 is 0 Å². The van der Waals surface area contributed by atoms with E-state index in [9.17, 15) is 14.7 Å². The van der Waals surface area contributed by atoms with Gasteiger partial charge >= 0.3 is 5.97 Å². The molecule has 4 saturated carbocycles. The predicted octanol–water partition coefficient (Wildman–Crippen LogP) is 5.33. The molecule has 4 aliphatic carbocycles. The van der Waals surface area contributed by atoms with Gasteiger partial charge in [-0.05, 0) is 104 Å². The zero-order valence-corrected chi connectivity index (χ0v) is 20.2. The van der Waals surface area contributed by atoms with Crippen molar-refractivity contribution in [3.05, 3.63) is 11.6 Å². The molecule has 0 aliphatic heterocycles. The van der Waals surface area contributed by atoms with E-state index in [0.29, 0.717) is 35.9 Å².